The monoisotopic (exact) mass is 305 g/mol. The van der Waals surface area contributed by atoms with Gasteiger partial charge in [-0.1, -0.05) is 43.8 Å². The number of aromatic amines is 1. The van der Waals surface area contributed by atoms with Crippen molar-refractivity contribution in [1.82, 2.24) is 15.2 Å². The molecule has 7 heteroatoms. The van der Waals surface area contributed by atoms with Crippen LogP contribution in [0, 0.1) is 0 Å². The third-order valence-electron chi connectivity index (χ3n) is 3.19. The van der Waals surface area contributed by atoms with Gasteiger partial charge in [0.25, 0.3) is 0 Å². The van der Waals surface area contributed by atoms with Crippen molar-refractivity contribution in [2.45, 2.75) is 31.3 Å². The van der Waals surface area contributed by atoms with Crippen LogP contribution in [0.15, 0.2) is 29.4 Å². The Balaban J connectivity index is 1.96. The van der Waals surface area contributed by atoms with E-state index < -0.39 is 0 Å². The first-order valence-electron chi connectivity index (χ1n) is 6.79. The molecule has 0 aliphatic rings. The largest absolute Gasteiger partial charge is 0.368 e. The minimum Gasteiger partial charge on any atom is -0.368 e. The zero-order valence-electron chi connectivity index (χ0n) is 12.1. The summed E-state index contributed by atoms with van der Waals surface area (Å²) in [6.45, 7) is 4.28. The van der Waals surface area contributed by atoms with Crippen LogP contribution >= 0.6 is 11.8 Å². The van der Waals surface area contributed by atoms with E-state index in [1.165, 1.54) is 11.8 Å². The molecule has 0 aliphatic carbocycles. The molecule has 0 aliphatic heterocycles. The smallest absolute Gasteiger partial charge is 0.234 e. The van der Waals surface area contributed by atoms with Crippen molar-refractivity contribution in [3.63, 3.8) is 0 Å². The van der Waals surface area contributed by atoms with Crippen LogP contribution in [-0.4, -0.2) is 26.8 Å². The Morgan fingerprint density at radius 2 is 2.24 bits per heavy atom. The summed E-state index contributed by atoms with van der Waals surface area (Å²) in [6.07, 6.45) is 1.03. The van der Waals surface area contributed by atoms with E-state index in [0.717, 1.165) is 17.7 Å². The third kappa shape index (κ3) is 4.22. The van der Waals surface area contributed by atoms with Crippen LogP contribution in [0.3, 0.4) is 0 Å². The summed E-state index contributed by atoms with van der Waals surface area (Å²) in [7, 11) is 0. The van der Waals surface area contributed by atoms with Crippen LogP contribution in [-0.2, 0) is 4.79 Å². The molecule has 0 saturated carbocycles. The molecule has 112 valence electrons. The Bertz CT molecular complexity index is 613. The highest BCUT2D eigenvalue weighted by atomic mass is 32.2. The van der Waals surface area contributed by atoms with Gasteiger partial charge >= 0.3 is 0 Å². The number of nitrogens with two attached hydrogens (primary N) is 1. The lowest BCUT2D eigenvalue weighted by Crippen LogP contribution is -2.16. The molecule has 4 N–H and O–H groups in total. The van der Waals surface area contributed by atoms with E-state index in [2.05, 4.69) is 34.3 Å². The van der Waals surface area contributed by atoms with Gasteiger partial charge in [-0.25, -0.2) is 5.10 Å². The lowest BCUT2D eigenvalue weighted by Gasteiger charge is -2.15. The summed E-state index contributed by atoms with van der Waals surface area (Å²) in [5.74, 6) is 0.813. The van der Waals surface area contributed by atoms with E-state index in [4.69, 9.17) is 5.73 Å². The Kier molecular flexibility index (Phi) is 5.21. The Hall–Kier alpha value is -2.02. The first-order valence-corrected chi connectivity index (χ1v) is 7.78. The molecule has 0 saturated heterocycles. The SMILES string of the molecule is CC[C@@H](C)c1ccccc1NC(=O)CSc1n[nH]c(N)n1. The Labute approximate surface area is 127 Å². The molecule has 1 aromatic carbocycles. The quantitative estimate of drug-likeness (QED) is 0.713. The number of thioether (sulfide) groups is 1. The van der Waals surface area contributed by atoms with Gasteiger partial charge in [-0.2, -0.15) is 4.98 Å². The van der Waals surface area contributed by atoms with Crippen LogP contribution in [0.25, 0.3) is 0 Å². The summed E-state index contributed by atoms with van der Waals surface area (Å²) in [4.78, 5) is 16.0. The topological polar surface area (TPSA) is 96.7 Å². The number of nitrogens with one attached hydrogen (secondary N) is 2. The number of carbonyl (C=O) groups excluding carboxylic acids is 1. The number of benzene rings is 1. The van der Waals surface area contributed by atoms with E-state index in [0.29, 0.717) is 11.1 Å². The van der Waals surface area contributed by atoms with Gasteiger partial charge in [0.05, 0.1) is 5.75 Å². The number of nitrogen functional groups attached to an aromatic ring is 1. The van der Waals surface area contributed by atoms with Crippen molar-refractivity contribution in [2.75, 3.05) is 16.8 Å². The predicted octanol–water partition coefficient (Wildman–Crippen LogP) is 2.63. The van der Waals surface area contributed by atoms with Crippen molar-refractivity contribution < 1.29 is 4.79 Å². The van der Waals surface area contributed by atoms with Crippen LogP contribution in [0.4, 0.5) is 11.6 Å². The van der Waals surface area contributed by atoms with Crippen LogP contribution in [0.1, 0.15) is 31.7 Å². The van der Waals surface area contributed by atoms with Crippen LogP contribution in [0.5, 0.6) is 0 Å². The zero-order chi connectivity index (χ0) is 15.2. The van der Waals surface area contributed by atoms with Gasteiger partial charge in [-0.3, -0.25) is 4.79 Å². The number of aromatic nitrogens is 3. The maximum atomic E-state index is 12.0. The fraction of sp³-hybridized carbons (Fsp3) is 0.357. The van der Waals surface area contributed by atoms with E-state index in [1.54, 1.807) is 0 Å². The molecular formula is C14H19N5OS. The average molecular weight is 305 g/mol. The summed E-state index contributed by atoms with van der Waals surface area (Å²) in [5, 5.41) is 9.83. The number of H-pyrrole nitrogens is 1. The van der Waals surface area contributed by atoms with Gasteiger partial charge in [-0.15, -0.1) is 5.10 Å². The van der Waals surface area contributed by atoms with Gasteiger partial charge in [0, 0.05) is 5.69 Å². The highest BCUT2D eigenvalue weighted by Crippen LogP contribution is 2.26. The van der Waals surface area contributed by atoms with E-state index in [-0.39, 0.29) is 17.6 Å². The highest BCUT2D eigenvalue weighted by Gasteiger charge is 2.12. The number of para-hydroxylation sites is 1. The predicted molar refractivity (Wildman–Crippen MR) is 85.3 cm³/mol. The summed E-state index contributed by atoms with van der Waals surface area (Å²) in [6, 6.07) is 7.88. The first kappa shape index (κ1) is 15.4. The third-order valence-corrected chi connectivity index (χ3v) is 4.04. The number of nitrogens with zero attached hydrogens (tertiary/aromatic N) is 2. The average Bonchev–Trinajstić information content (AvgIpc) is 2.90. The molecule has 0 bridgehead atoms. The van der Waals surface area contributed by atoms with Crippen molar-refractivity contribution >= 4 is 29.3 Å². The first-order chi connectivity index (χ1) is 10.1. The van der Waals surface area contributed by atoms with Crippen molar-refractivity contribution in [2.24, 2.45) is 0 Å². The zero-order valence-corrected chi connectivity index (χ0v) is 12.9. The second kappa shape index (κ2) is 7.12. The van der Waals surface area contributed by atoms with Gasteiger partial charge in [0.1, 0.15) is 0 Å². The van der Waals surface area contributed by atoms with Crippen molar-refractivity contribution in [3.8, 4) is 0 Å². The highest BCUT2D eigenvalue weighted by molar-refractivity contribution is 7.99. The van der Waals surface area contributed by atoms with Gasteiger partial charge in [0.15, 0.2) is 0 Å². The van der Waals surface area contributed by atoms with E-state index in [9.17, 15) is 4.79 Å². The molecule has 2 aromatic rings. The normalized spacial score (nSPS) is 12.1. The van der Waals surface area contributed by atoms with Crippen LogP contribution < -0.4 is 11.1 Å². The fourth-order valence-electron chi connectivity index (χ4n) is 1.90. The summed E-state index contributed by atoms with van der Waals surface area (Å²) in [5.41, 5.74) is 7.45. The lowest BCUT2D eigenvalue weighted by molar-refractivity contribution is -0.113. The molecule has 1 atom stereocenters. The molecular weight excluding hydrogens is 286 g/mol. The second-order valence-electron chi connectivity index (χ2n) is 4.74. The molecule has 0 fully saturated rings. The standard InChI is InChI=1S/C14H19N5OS/c1-3-9(2)10-6-4-5-7-11(10)16-12(20)8-21-14-17-13(15)18-19-14/h4-7,9H,3,8H2,1-2H3,(H,16,20)(H3,15,17,18,19)/t9-/m1/s1. The van der Waals surface area contributed by atoms with Gasteiger partial charge in [0.2, 0.25) is 17.0 Å². The summed E-state index contributed by atoms with van der Waals surface area (Å²) < 4.78 is 0. The minimum atomic E-state index is -0.0841. The Morgan fingerprint density at radius 1 is 1.48 bits per heavy atom. The number of hydrogen-bond acceptors (Lipinski definition) is 5. The van der Waals surface area contributed by atoms with Crippen molar-refractivity contribution in [3.05, 3.63) is 29.8 Å². The molecule has 1 amide bonds. The Morgan fingerprint density at radius 3 is 2.90 bits per heavy atom. The molecule has 0 unspecified atom stereocenters. The molecule has 0 spiro atoms. The molecule has 0 radical (unpaired) electrons. The molecule has 1 heterocycles. The molecule has 21 heavy (non-hydrogen) atoms. The minimum absolute atomic E-state index is 0.0841. The number of amides is 1. The molecule has 1 aromatic heterocycles. The van der Waals surface area contributed by atoms with Crippen LogP contribution in [0.2, 0.25) is 0 Å². The number of anilines is 2. The van der Waals surface area contributed by atoms with E-state index in [1.807, 2.05) is 24.3 Å². The van der Waals surface area contributed by atoms with Gasteiger partial charge in [-0.05, 0) is 24.0 Å². The number of hydrogen-bond donors (Lipinski definition) is 3. The fourth-order valence-corrected chi connectivity index (χ4v) is 2.51. The maximum absolute atomic E-state index is 12.0. The summed E-state index contributed by atoms with van der Waals surface area (Å²) >= 11 is 1.24. The number of rotatable bonds is 6. The second-order valence-corrected chi connectivity index (χ2v) is 5.68. The molecule has 6 nitrogen and oxygen atoms in total. The van der Waals surface area contributed by atoms with Crippen molar-refractivity contribution in [1.29, 1.82) is 0 Å². The number of carbonyl (C=O) groups is 1. The lowest BCUT2D eigenvalue weighted by atomic mass is 9.97. The van der Waals surface area contributed by atoms with E-state index >= 15 is 0 Å². The molecule has 2 rings (SSSR count). The van der Waals surface area contributed by atoms with Gasteiger partial charge < -0.3 is 11.1 Å². The maximum Gasteiger partial charge on any atom is 0.234 e.